The van der Waals surface area contributed by atoms with Crippen LogP contribution in [0.5, 0.6) is 0 Å². The molecule has 0 unspecified atom stereocenters. The Hall–Kier alpha value is -6.25. The van der Waals surface area contributed by atoms with E-state index in [2.05, 4.69) is 164 Å². The van der Waals surface area contributed by atoms with Crippen molar-refractivity contribution in [3.8, 4) is 33.6 Å². The monoisotopic (exact) mass is 772 g/mol. The molecular formula is C47H45N6O3P+4. The molecule has 9 nitrogen and oxygen atoms in total. The molecule has 57 heavy (non-hydrogen) atoms. The Labute approximate surface area is 333 Å². The van der Waals surface area contributed by atoms with E-state index in [0.29, 0.717) is 26.3 Å². The van der Waals surface area contributed by atoms with E-state index >= 15 is 0 Å². The molecule has 0 amide bonds. The molecule has 2 aromatic carbocycles. The number of hydrogen-bond acceptors (Lipinski definition) is 5. The summed E-state index contributed by atoms with van der Waals surface area (Å²) in [6, 6.07) is 41.7. The van der Waals surface area contributed by atoms with Crippen molar-refractivity contribution in [3.63, 3.8) is 0 Å². The summed E-state index contributed by atoms with van der Waals surface area (Å²) in [7, 11) is -3.14. The number of pyridine rings is 6. The molecule has 10 heteroatoms. The van der Waals surface area contributed by atoms with Gasteiger partial charge in [-0.3, -0.25) is 9.55 Å². The van der Waals surface area contributed by atoms with E-state index in [1.54, 1.807) is 0 Å². The quantitative estimate of drug-likeness (QED) is 0.0829. The van der Waals surface area contributed by atoms with Gasteiger partial charge in [-0.2, -0.15) is 18.3 Å². The van der Waals surface area contributed by atoms with Crippen molar-refractivity contribution in [2.75, 3.05) is 13.2 Å². The Balaban J connectivity index is 0.862. The van der Waals surface area contributed by atoms with Gasteiger partial charge in [-0.25, -0.2) is 4.98 Å². The fourth-order valence-electron chi connectivity index (χ4n) is 6.91. The molecule has 0 aliphatic carbocycles. The molecule has 282 valence electrons. The fraction of sp³-hybridized carbons (Fsp3) is 0.149. The van der Waals surface area contributed by atoms with Gasteiger partial charge in [0.25, 0.3) is 0 Å². The van der Waals surface area contributed by atoms with Crippen LogP contribution in [0, 0.1) is 0 Å². The summed E-state index contributed by atoms with van der Waals surface area (Å²) in [5.74, 6) is 0. The highest BCUT2D eigenvalue weighted by atomic mass is 31.2. The van der Waals surface area contributed by atoms with Crippen molar-refractivity contribution in [1.82, 2.24) is 9.97 Å². The number of hydrogen-bond donors (Lipinski definition) is 0. The lowest BCUT2D eigenvalue weighted by atomic mass is 10.1. The molecule has 0 spiro atoms. The van der Waals surface area contributed by atoms with Crippen LogP contribution in [0.1, 0.15) is 30.8 Å². The number of aromatic nitrogens is 6. The normalized spacial score (nSPS) is 11.5. The summed E-state index contributed by atoms with van der Waals surface area (Å²) in [5.41, 5.74) is 10.6. The molecule has 6 heterocycles. The van der Waals surface area contributed by atoms with Crippen LogP contribution in [-0.4, -0.2) is 23.2 Å². The third-order valence-corrected chi connectivity index (χ3v) is 11.9. The molecule has 0 atom stereocenters. The van der Waals surface area contributed by atoms with Gasteiger partial charge >= 0.3 is 7.60 Å². The smallest absolute Gasteiger partial charge is 0.309 e. The molecule has 0 saturated carbocycles. The third kappa shape index (κ3) is 9.25. The topological polar surface area (TPSA) is 76.8 Å². The van der Waals surface area contributed by atoms with Crippen LogP contribution in [0.3, 0.4) is 0 Å². The van der Waals surface area contributed by atoms with E-state index in [4.69, 9.17) is 14.0 Å². The first-order chi connectivity index (χ1) is 27.9. The molecule has 0 saturated heterocycles. The van der Waals surface area contributed by atoms with Gasteiger partial charge in [0.15, 0.2) is 62.7 Å². The van der Waals surface area contributed by atoms with Gasteiger partial charge < -0.3 is 9.05 Å². The molecule has 0 N–H and O–H groups in total. The molecule has 0 radical (unpaired) electrons. The zero-order valence-electron chi connectivity index (χ0n) is 32.1. The number of benzene rings is 2. The zero-order chi connectivity index (χ0) is 39.0. The van der Waals surface area contributed by atoms with Crippen LogP contribution in [0.25, 0.3) is 44.5 Å². The van der Waals surface area contributed by atoms with E-state index in [1.165, 1.54) is 0 Å². The molecule has 8 aromatic rings. The van der Waals surface area contributed by atoms with Gasteiger partial charge in [-0.1, -0.05) is 24.3 Å². The minimum atomic E-state index is -3.14. The predicted molar refractivity (Wildman–Crippen MR) is 220 cm³/mol. The van der Waals surface area contributed by atoms with Crippen molar-refractivity contribution >= 4 is 18.5 Å². The molecule has 0 bridgehead atoms. The Morgan fingerprint density at radius 1 is 0.544 bits per heavy atom. The SMILES string of the molecule is CCOP(=O)(Cc1ccc(-[n+]2ccc(-c3cc[n+](Cc4cccc(C[n+]5ccc(-c6cc[n+](-c7ccc8ncccc8c7)cc6)cc5)n4)cc3)cc2)cc1)OCC. The van der Waals surface area contributed by atoms with Gasteiger partial charge in [0.1, 0.15) is 11.4 Å². The Morgan fingerprint density at radius 3 is 1.56 bits per heavy atom. The summed E-state index contributed by atoms with van der Waals surface area (Å²) in [6.45, 7) is 5.72. The largest absolute Gasteiger partial charge is 0.335 e. The maximum absolute atomic E-state index is 12.9. The summed E-state index contributed by atoms with van der Waals surface area (Å²) in [5, 5.41) is 1.12. The van der Waals surface area contributed by atoms with Crippen molar-refractivity contribution < 1.29 is 31.9 Å². The maximum Gasteiger partial charge on any atom is 0.335 e. The molecule has 0 aliphatic rings. The van der Waals surface area contributed by atoms with Gasteiger partial charge in [0.05, 0.1) is 24.9 Å². The zero-order valence-corrected chi connectivity index (χ0v) is 33.0. The van der Waals surface area contributed by atoms with Crippen LogP contribution in [-0.2, 0) is 32.9 Å². The van der Waals surface area contributed by atoms with Crippen LogP contribution < -0.4 is 18.3 Å². The lowest BCUT2D eigenvalue weighted by Crippen LogP contribution is -2.35. The lowest BCUT2D eigenvalue weighted by Gasteiger charge is -2.16. The standard InChI is InChI=1S/C47H45N6O3P/c1-3-55-57(54,56-4-2)36-37-10-12-45(13-11-37)52-29-20-40(21-30-52)38-16-25-50(26-17-38)34-43-8-5-9-44(49-43)35-51-27-18-39(19-28-51)41-22-31-53(32-23-41)46-14-15-47-42(33-46)7-6-24-48-47/h5-33H,3-4,34-36H2,1-2H3/q+4. The van der Waals surface area contributed by atoms with Crippen molar-refractivity contribution in [2.24, 2.45) is 0 Å². The number of rotatable bonds is 14. The summed E-state index contributed by atoms with van der Waals surface area (Å²) in [4.78, 5) is 9.41. The summed E-state index contributed by atoms with van der Waals surface area (Å²) in [6.07, 6.45) is 18.8. The second-order valence-corrected chi connectivity index (χ2v) is 15.8. The van der Waals surface area contributed by atoms with Crippen LogP contribution in [0.2, 0.25) is 0 Å². The number of fused-ring (bicyclic) bond motifs is 1. The van der Waals surface area contributed by atoms with Gasteiger partial charge in [-0.05, 0) is 65.9 Å². The van der Waals surface area contributed by atoms with Crippen molar-refractivity contribution in [1.29, 1.82) is 0 Å². The van der Waals surface area contributed by atoms with Gasteiger partial charge in [0, 0.05) is 84.4 Å². The lowest BCUT2D eigenvalue weighted by molar-refractivity contribution is -0.690. The predicted octanol–water partition coefficient (Wildman–Crippen LogP) is 7.95. The van der Waals surface area contributed by atoms with Crippen molar-refractivity contribution in [3.05, 3.63) is 194 Å². The number of nitrogens with zero attached hydrogens (tertiary/aromatic N) is 6. The average molecular weight is 773 g/mol. The fourth-order valence-corrected chi connectivity index (χ4v) is 8.62. The molecule has 0 fully saturated rings. The van der Waals surface area contributed by atoms with Gasteiger partial charge in [0.2, 0.25) is 11.4 Å². The molecule has 0 aliphatic heterocycles. The van der Waals surface area contributed by atoms with Crippen LogP contribution in [0.15, 0.2) is 177 Å². The van der Waals surface area contributed by atoms with E-state index in [0.717, 1.165) is 61.5 Å². The Bertz CT molecular complexity index is 2630. The Morgan fingerprint density at radius 2 is 1.04 bits per heavy atom. The second-order valence-electron chi connectivity index (χ2n) is 13.8. The molecule has 6 aromatic heterocycles. The van der Waals surface area contributed by atoms with E-state index in [9.17, 15) is 4.57 Å². The Kier molecular flexibility index (Phi) is 11.4. The minimum Gasteiger partial charge on any atom is -0.309 e. The van der Waals surface area contributed by atoms with E-state index < -0.39 is 7.60 Å². The first kappa shape index (κ1) is 37.7. The van der Waals surface area contributed by atoms with Gasteiger partial charge in [-0.15, -0.1) is 0 Å². The summed E-state index contributed by atoms with van der Waals surface area (Å²) < 4.78 is 32.4. The second kappa shape index (κ2) is 17.3. The van der Waals surface area contributed by atoms with Crippen LogP contribution >= 0.6 is 7.60 Å². The van der Waals surface area contributed by atoms with Crippen molar-refractivity contribution in [2.45, 2.75) is 33.1 Å². The minimum absolute atomic E-state index is 0.255. The average Bonchev–Trinajstić information content (AvgIpc) is 3.25. The summed E-state index contributed by atoms with van der Waals surface area (Å²) >= 11 is 0. The molecular weight excluding hydrogens is 728 g/mol. The first-order valence-electron chi connectivity index (χ1n) is 19.2. The van der Waals surface area contributed by atoms with E-state index in [-0.39, 0.29) is 6.16 Å². The maximum atomic E-state index is 12.9. The van der Waals surface area contributed by atoms with Crippen LogP contribution in [0.4, 0.5) is 0 Å². The van der Waals surface area contributed by atoms with E-state index in [1.807, 2.05) is 50.4 Å². The first-order valence-corrected chi connectivity index (χ1v) is 21.0. The highest BCUT2D eigenvalue weighted by molar-refractivity contribution is 7.53. The molecule has 8 rings (SSSR count). The highest BCUT2D eigenvalue weighted by Gasteiger charge is 2.24. The third-order valence-electron chi connectivity index (χ3n) is 9.81. The highest BCUT2D eigenvalue weighted by Crippen LogP contribution is 2.51.